The van der Waals surface area contributed by atoms with Crippen LogP contribution in [0.3, 0.4) is 0 Å². The largest absolute Gasteiger partial charge is 0.444 e. The first-order chi connectivity index (χ1) is 13.2. The first-order valence-corrected chi connectivity index (χ1v) is 9.38. The second kappa shape index (κ2) is 9.22. The van der Waals surface area contributed by atoms with Gasteiger partial charge in [0, 0.05) is 23.0 Å². The summed E-state index contributed by atoms with van der Waals surface area (Å²) >= 11 is 0. The Balaban J connectivity index is 2.28. The lowest BCUT2D eigenvalue weighted by molar-refractivity contribution is 0.0636. The van der Waals surface area contributed by atoms with Gasteiger partial charge in [0.05, 0.1) is 5.71 Å². The molecule has 0 saturated carbocycles. The Bertz CT molecular complexity index is 862. The molecule has 2 aromatic carbocycles. The molecule has 2 aromatic rings. The number of benzene rings is 2. The van der Waals surface area contributed by atoms with Gasteiger partial charge in [0.1, 0.15) is 5.60 Å². The van der Waals surface area contributed by atoms with Crippen molar-refractivity contribution in [1.29, 1.82) is 0 Å². The quantitative estimate of drug-likeness (QED) is 0.522. The maximum absolute atomic E-state index is 11.9. The second-order valence-electron chi connectivity index (χ2n) is 7.50. The maximum Gasteiger partial charge on any atom is 0.412 e. The molecule has 0 bridgehead atoms. The molecule has 0 aliphatic heterocycles. The molecule has 0 aliphatic rings. The van der Waals surface area contributed by atoms with E-state index in [1.807, 2.05) is 45.0 Å². The zero-order valence-corrected chi connectivity index (χ0v) is 17.3. The smallest absolute Gasteiger partial charge is 0.412 e. The van der Waals surface area contributed by atoms with Gasteiger partial charge in [-0.05, 0) is 57.4 Å². The van der Waals surface area contributed by atoms with Gasteiger partial charge in [0.2, 0.25) is 0 Å². The summed E-state index contributed by atoms with van der Waals surface area (Å²) in [6.07, 6.45) is 2.05. The van der Waals surface area contributed by atoms with Crippen LogP contribution >= 0.6 is 0 Å². The third kappa shape index (κ3) is 5.98. The molecule has 5 heteroatoms. The summed E-state index contributed by atoms with van der Waals surface area (Å²) in [5.74, 6) is 0. The summed E-state index contributed by atoms with van der Waals surface area (Å²) < 4.78 is 5.28. The number of rotatable bonds is 6. The minimum Gasteiger partial charge on any atom is -0.444 e. The van der Waals surface area contributed by atoms with Crippen LogP contribution in [0.2, 0.25) is 0 Å². The van der Waals surface area contributed by atoms with Crippen molar-refractivity contribution in [1.82, 2.24) is 5.43 Å². The molecule has 0 atom stereocenters. The number of anilines is 1. The van der Waals surface area contributed by atoms with Crippen LogP contribution in [0.15, 0.2) is 60.3 Å². The fraction of sp³-hybridized carbons (Fsp3) is 0.304. The van der Waals surface area contributed by atoms with Gasteiger partial charge < -0.3 is 4.74 Å². The molecule has 2 N–H and O–H groups in total. The topological polar surface area (TPSA) is 62.7 Å². The van der Waals surface area contributed by atoms with Crippen LogP contribution < -0.4 is 10.7 Å². The average Bonchev–Trinajstić information content (AvgIpc) is 2.62. The predicted molar refractivity (Wildman–Crippen MR) is 116 cm³/mol. The van der Waals surface area contributed by atoms with Crippen LogP contribution in [0.5, 0.6) is 0 Å². The number of aryl methyl sites for hydroxylation is 2. The van der Waals surface area contributed by atoms with E-state index in [-0.39, 0.29) is 0 Å². The molecule has 28 heavy (non-hydrogen) atoms. The van der Waals surface area contributed by atoms with E-state index < -0.39 is 11.7 Å². The van der Waals surface area contributed by atoms with Crippen molar-refractivity contribution >= 4 is 17.5 Å². The van der Waals surface area contributed by atoms with Crippen molar-refractivity contribution in [2.24, 2.45) is 5.10 Å². The fourth-order valence-corrected chi connectivity index (χ4v) is 2.73. The van der Waals surface area contributed by atoms with Gasteiger partial charge in [-0.2, -0.15) is 5.10 Å². The van der Waals surface area contributed by atoms with Crippen LogP contribution in [0.1, 0.15) is 49.9 Å². The molecule has 0 aliphatic carbocycles. The summed E-state index contributed by atoms with van der Waals surface area (Å²) in [7, 11) is 0. The molecule has 0 radical (unpaired) electrons. The highest BCUT2D eigenvalue weighted by molar-refractivity contribution is 6.13. The van der Waals surface area contributed by atoms with Gasteiger partial charge in [-0.3, -0.25) is 10.7 Å². The number of hydrazone groups is 1. The number of carbonyl (C=O) groups excluding carboxylic acids is 1. The maximum atomic E-state index is 11.9. The Hall–Kier alpha value is -3.08. The summed E-state index contributed by atoms with van der Waals surface area (Å²) in [5.41, 5.74) is 8.17. The molecule has 148 valence electrons. The normalized spacial score (nSPS) is 11.7. The van der Waals surface area contributed by atoms with Crippen molar-refractivity contribution in [2.75, 3.05) is 5.32 Å². The lowest BCUT2D eigenvalue weighted by Crippen LogP contribution is -2.27. The summed E-state index contributed by atoms with van der Waals surface area (Å²) in [5, 5.41) is 7.22. The van der Waals surface area contributed by atoms with E-state index >= 15 is 0 Å². The highest BCUT2D eigenvalue weighted by Crippen LogP contribution is 2.19. The number of hydrogen-bond donors (Lipinski definition) is 2. The van der Waals surface area contributed by atoms with Crippen molar-refractivity contribution in [3.05, 3.63) is 77.5 Å². The third-order valence-electron chi connectivity index (χ3n) is 4.03. The molecule has 0 spiro atoms. The molecule has 1 amide bonds. The van der Waals surface area contributed by atoms with E-state index in [0.717, 1.165) is 28.8 Å². The molecular weight excluding hydrogens is 350 g/mol. The fourth-order valence-electron chi connectivity index (χ4n) is 2.73. The third-order valence-corrected chi connectivity index (χ3v) is 4.03. The minimum absolute atomic E-state index is 0.478. The van der Waals surface area contributed by atoms with Gasteiger partial charge in [0.15, 0.2) is 0 Å². The molecule has 0 aromatic heterocycles. The van der Waals surface area contributed by atoms with Crippen molar-refractivity contribution < 1.29 is 9.53 Å². The summed E-state index contributed by atoms with van der Waals surface area (Å²) in [4.78, 5) is 11.9. The minimum atomic E-state index is -0.539. The zero-order chi connectivity index (χ0) is 20.7. The van der Waals surface area contributed by atoms with E-state index in [1.54, 1.807) is 0 Å². The van der Waals surface area contributed by atoms with Crippen molar-refractivity contribution in [3.63, 3.8) is 0 Å². The molecule has 0 saturated heterocycles. The number of hydrogen-bond acceptors (Lipinski definition) is 4. The highest BCUT2D eigenvalue weighted by Gasteiger charge is 2.16. The molecular formula is C23H29N3O2. The standard InChI is InChI=1S/C23H29N3O2/c1-7-17-9-14-20(16(3)15-17)21(26-24-8-2)18-10-12-19(13-11-18)25-22(27)28-23(4,5)6/h8-15,24H,2,7H2,1,3-6H3,(H,25,27)/b26-21-. The van der Waals surface area contributed by atoms with E-state index in [9.17, 15) is 4.79 Å². The van der Waals surface area contributed by atoms with Gasteiger partial charge in [0.25, 0.3) is 0 Å². The van der Waals surface area contributed by atoms with Crippen molar-refractivity contribution in [3.8, 4) is 0 Å². The van der Waals surface area contributed by atoms with Gasteiger partial charge in [-0.1, -0.05) is 43.8 Å². The second-order valence-corrected chi connectivity index (χ2v) is 7.50. The SMILES string of the molecule is C=CN/N=C(/c1ccc(NC(=O)OC(C)(C)C)cc1)c1ccc(CC)cc1C. The zero-order valence-electron chi connectivity index (χ0n) is 17.3. The Morgan fingerprint density at radius 1 is 1.18 bits per heavy atom. The van der Waals surface area contributed by atoms with E-state index in [4.69, 9.17) is 4.74 Å². The molecule has 2 rings (SSSR count). The highest BCUT2D eigenvalue weighted by atomic mass is 16.6. The number of carbonyl (C=O) groups is 1. The lowest BCUT2D eigenvalue weighted by atomic mass is 9.96. The Morgan fingerprint density at radius 2 is 1.86 bits per heavy atom. The van der Waals surface area contributed by atoms with Crippen LogP contribution in [-0.2, 0) is 11.2 Å². The first kappa shape index (κ1) is 21.2. The first-order valence-electron chi connectivity index (χ1n) is 9.38. The van der Waals surface area contributed by atoms with E-state index in [1.165, 1.54) is 11.8 Å². The van der Waals surface area contributed by atoms with Crippen LogP contribution in [0.25, 0.3) is 0 Å². The Kier molecular flexibility index (Phi) is 6.99. The Labute approximate surface area is 167 Å². The summed E-state index contributed by atoms with van der Waals surface area (Å²) in [6.45, 7) is 13.4. The van der Waals surface area contributed by atoms with Crippen molar-refractivity contribution in [2.45, 2.75) is 46.6 Å². The molecule has 5 nitrogen and oxygen atoms in total. The lowest BCUT2D eigenvalue weighted by Gasteiger charge is -2.19. The predicted octanol–water partition coefficient (Wildman–Crippen LogP) is 5.39. The van der Waals surface area contributed by atoms with Crippen LogP contribution in [0, 0.1) is 6.92 Å². The van der Waals surface area contributed by atoms with Gasteiger partial charge in [-0.25, -0.2) is 4.79 Å². The summed E-state index contributed by atoms with van der Waals surface area (Å²) in [6, 6.07) is 13.9. The van der Waals surface area contributed by atoms with E-state index in [2.05, 4.69) is 54.5 Å². The Morgan fingerprint density at radius 3 is 2.39 bits per heavy atom. The van der Waals surface area contributed by atoms with Crippen LogP contribution in [-0.4, -0.2) is 17.4 Å². The average molecular weight is 380 g/mol. The number of nitrogens with zero attached hydrogens (tertiary/aromatic N) is 1. The van der Waals surface area contributed by atoms with Crippen LogP contribution in [0.4, 0.5) is 10.5 Å². The molecule has 0 fully saturated rings. The van der Waals surface area contributed by atoms with Gasteiger partial charge in [-0.15, -0.1) is 0 Å². The van der Waals surface area contributed by atoms with E-state index in [0.29, 0.717) is 5.69 Å². The number of amides is 1. The van der Waals surface area contributed by atoms with Gasteiger partial charge >= 0.3 is 6.09 Å². The number of nitrogens with one attached hydrogen (secondary N) is 2. The molecule has 0 heterocycles. The monoisotopic (exact) mass is 379 g/mol. The molecule has 0 unspecified atom stereocenters. The number of ether oxygens (including phenoxy) is 1.